The van der Waals surface area contributed by atoms with Gasteiger partial charge >= 0.3 is 0 Å². The highest BCUT2D eigenvalue weighted by atomic mass is 32.2. The summed E-state index contributed by atoms with van der Waals surface area (Å²) < 4.78 is 25.8. The van der Waals surface area contributed by atoms with Gasteiger partial charge in [0, 0.05) is 19.2 Å². The van der Waals surface area contributed by atoms with Gasteiger partial charge in [0.2, 0.25) is 10.0 Å². The van der Waals surface area contributed by atoms with Gasteiger partial charge in [-0.25, -0.2) is 13.1 Å². The average molecular weight is 327 g/mol. The Balaban J connectivity index is 2.41. The highest BCUT2D eigenvalue weighted by molar-refractivity contribution is 7.89. The van der Waals surface area contributed by atoms with Gasteiger partial charge in [-0.3, -0.25) is 10.1 Å². The van der Waals surface area contributed by atoms with Crippen LogP contribution in [-0.2, 0) is 10.0 Å². The Morgan fingerprint density at radius 1 is 1.27 bits per heavy atom. The average Bonchev–Trinajstić information content (AvgIpc) is 2.54. The highest BCUT2D eigenvalue weighted by Gasteiger charge is 2.26. The molecule has 0 atom stereocenters. The zero-order chi connectivity index (χ0) is 16.3. The maximum atomic E-state index is 11.8. The van der Waals surface area contributed by atoms with Gasteiger partial charge in [-0.1, -0.05) is 19.3 Å². The summed E-state index contributed by atoms with van der Waals surface area (Å²) in [5, 5.41) is 11.3. The van der Waals surface area contributed by atoms with Gasteiger partial charge in [0.15, 0.2) is 0 Å². The number of nitro benzene ring substituents is 1. The molecule has 0 heterocycles. The number of sulfonamides is 1. The standard InChI is InChI=1S/C14H21N3O4S/c1-15-22(20,21)12-8-9-13(14(10-12)17(18)19)16(2)11-6-4-3-5-7-11/h8-11,15H,3-7H2,1-2H3. The number of nitrogens with zero attached hydrogens (tertiary/aromatic N) is 2. The van der Waals surface area contributed by atoms with Crippen molar-refractivity contribution in [3.8, 4) is 0 Å². The normalized spacial score (nSPS) is 16.5. The first-order valence-electron chi connectivity index (χ1n) is 7.31. The van der Waals surface area contributed by atoms with Gasteiger partial charge in [-0.05, 0) is 32.0 Å². The lowest BCUT2D eigenvalue weighted by atomic mass is 9.94. The fourth-order valence-corrected chi connectivity index (χ4v) is 3.65. The third-order valence-electron chi connectivity index (χ3n) is 4.23. The summed E-state index contributed by atoms with van der Waals surface area (Å²) in [4.78, 5) is 12.6. The van der Waals surface area contributed by atoms with Gasteiger partial charge in [0.05, 0.1) is 9.82 Å². The molecule has 0 unspecified atom stereocenters. The zero-order valence-corrected chi connectivity index (χ0v) is 13.6. The molecule has 1 N–H and O–H groups in total. The van der Waals surface area contributed by atoms with Crippen molar-refractivity contribution < 1.29 is 13.3 Å². The number of anilines is 1. The molecular formula is C14H21N3O4S. The van der Waals surface area contributed by atoms with Crippen LogP contribution in [0.25, 0.3) is 0 Å². The van der Waals surface area contributed by atoms with Crippen LogP contribution in [0.5, 0.6) is 0 Å². The van der Waals surface area contributed by atoms with Crippen LogP contribution in [0.1, 0.15) is 32.1 Å². The first kappa shape index (κ1) is 16.7. The largest absolute Gasteiger partial charge is 0.366 e. The zero-order valence-electron chi connectivity index (χ0n) is 12.8. The summed E-state index contributed by atoms with van der Waals surface area (Å²) >= 11 is 0. The molecular weight excluding hydrogens is 306 g/mol. The molecule has 2 rings (SSSR count). The molecule has 0 bridgehead atoms. The summed E-state index contributed by atoms with van der Waals surface area (Å²) in [7, 11) is -0.576. The van der Waals surface area contributed by atoms with E-state index in [9.17, 15) is 18.5 Å². The van der Waals surface area contributed by atoms with Crippen LogP contribution in [0.15, 0.2) is 23.1 Å². The molecule has 0 saturated heterocycles. The van der Waals surface area contributed by atoms with Crippen molar-refractivity contribution in [2.24, 2.45) is 0 Å². The van der Waals surface area contributed by atoms with E-state index in [1.54, 1.807) is 0 Å². The summed E-state index contributed by atoms with van der Waals surface area (Å²) in [6.45, 7) is 0. The molecule has 1 fully saturated rings. The van der Waals surface area contributed by atoms with Gasteiger partial charge in [0.25, 0.3) is 5.69 Å². The lowest BCUT2D eigenvalue weighted by Gasteiger charge is -2.32. The minimum Gasteiger partial charge on any atom is -0.366 e. The quantitative estimate of drug-likeness (QED) is 0.661. The second kappa shape index (κ2) is 6.62. The summed E-state index contributed by atoms with van der Waals surface area (Å²) in [6, 6.07) is 4.32. The first-order valence-corrected chi connectivity index (χ1v) is 8.80. The van der Waals surface area contributed by atoms with E-state index in [4.69, 9.17) is 0 Å². The van der Waals surface area contributed by atoms with E-state index in [2.05, 4.69) is 4.72 Å². The van der Waals surface area contributed by atoms with Crippen LogP contribution < -0.4 is 9.62 Å². The maximum absolute atomic E-state index is 11.8. The Morgan fingerprint density at radius 2 is 1.91 bits per heavy atom. The molecule has 0 amide bonds. The SMILES string of the molecule is CNS(=O)(=O)c1ccc(N(C)C2CCCCC2)c([N+](=O)[O-])c1. The second-order valence-corrected chi connectivity index (χ2v) is 7.40. The molecule has 0 aliphatic heterocycles. The fraction of sp³-hybridized carbons (Fsp3) is 0.571. The van der Waals surface area contributed by atoms with Crippen molar-refractivity contribution in [2.75, 3.05) is 19.0 Å². The molecule has 0 radical (unpaired) electrons. The van der Waals surface area contributed by atoms with Crippen molar-refractivity contribution in [1.29, 1.82) is 0 Å². The first-order chi connectivity index (χ1) is 10.4. The highest BCUT2D eigenvalue weighted by Crippen LogP contribution is 2.34. The summed E-state index contributed by atoms with van der Waals surface area (Å²) in [5.41, 5.74) is 0.288. The van der Waals surface area contributed by atoms with E-state index < -0.39 is 14.9 Å². The minimum atomic E-state index is -3.69. The molecule has 0 spiro atoms. The molecule has 1 aromatic carbocycles. The van der Waals surface area contributed by atoms with E-state index in [-0.39, 0.29) is 16.6 Å². The monoisotopic (exact) mass is 327 g/mol. The van der Waals surface area contributed by atoms with E-state index in [1.807, 2.05) is 11.9 Å². The molecule has 7 nitrogen and oxygen atoms in total. The van der Waals surface area contributed by atoms with Crippen molar-refractivity contribution in [3.05, 3.63) is 28.3 Å². The molecule has 0 aromatic heterocycles. The maximum Gasteiger partial charge on any atom is 0.293 e. The predicted octanol–water partition coefficient (Wildman–Crippen LogP) is 2.27. The van der Waals surface area contributed by atoms with Crippen molar-refractivity contribution in [2.45, 2.75) is 43.0 Å². The number of hydrogen-bond donors (Lipinski definition) is 1. The van der Waals surface area contributed by atoms with E-state index in [0.717, 1.165) is 31.7 Å². The Morgan fingerprint density at radius 3 is 2.45 bits per heavy atom. The van der Waals surface area contributed by atoms with Crippen LogP contribution in [0, 0.1) is 10.1 Å². The number of benzene rings is 1. The van der Waals surface area contributed by atoms with Crippen LogP contribution in [0.4, 0.5) is 11.4 Å². The summed E-state index contributed by atoms with van der Waals surface area (Å²) in [5.74, 6) is 0. The van der Waals surface area contributed by atoms with Crippen molar-refractivity contribution >= 4 is 21.4 Å². The number of hydrogen-bond acceptors (Lipinski definition) is 5. The third-order valence-corrected chi connectivity index (χ3v) is 5.64. The Bertz CT molecular complexity index is 654. The van der Waals surface area contributed by atoms with Crippen LogP contribution in [0.3, 0.4) is 0 Å². The Labute approximate surface area is 130 Å². The molecule has 22 heavy (non-hydrogen) atoms. The van der Waals surface area contributed by atoms with E-state index >= 15 is 0 Å². The number of rotatable bonds is 5. The van der Waals surface area contributed by atoms with Crippen molar-refractivity contribution in [1.82, 2.24) is 4.72 Å². The molecule has 8 heteroatoms. The molecule has 1 saturated carbocycles. The lowest BCUT2D eigenvalue weighted by Crippen LogP contribution is -2.33. The minimum absolute atomic E-state index is 0.0949. The van der Waals surface area contributed by atoms with E-state index in [1.165, 1.54) is 25.6 Å². The Kier molecular flexibility index (Phi) is 5.02. The molecule has 1 aliphatic carbocycles. The van der Waals surface area contributed by atoms with Gasteiger partial charge in [-0.15, -0.1) is 0 Å². The van der Waals surface area contributed by atoms with Gasteiger partial charge in [0.1, 0.15) is 5.69 Å². The van der Waals surface area contributed by atoms with E-state index in [0.29, 0.717) is 5.69 Å². The van der Waals surface area contributed by atoms with Crippen LogP contribution in [0.2, 0.25) is 0 Å². The number of nitrogens with one attached hydrogen (secondary N) is 1. The van der Waals surface area contributed by atoms with Gasteiger partial charge < -0.3 is 4.90 Å². The molecule has 122 valence electrons. The van der Waals surface area contributed by atoms with Crippen LogP contribution in [-0.4, -0.2) is 33.5 Å². The third kappa shape index (κ3) is 3.38. The van der Waals surface area contributed by atoms with Crippen molar-refractivity contribution in [3.63, 3.8) is 0 Å². The van der Waals surface area contributed by atoms with Gasteiger partial charge in [-0.2, -0.15) is 0 Å². The Hall–Kier alpha value is -1.67. The smallest absolute Gasteiger partial charge is 0.293 e. The fourth-order valence-electron chi connectivity index (χ4n) is 2.90. The summed E-state index contributed by atoms with van der Waals surface area (Å²) in [6.07, 6.45) is 5.45. The lowest BCUT2D eigenvalue weighted by molar-refractivity contribution is -0.384. The second-order valence-electron chi connectivity index (χ2n) is 5.52. The van der Waals surface area contributed by atoms with Crippen LogP contribution >= 0.6 is 0 Å². The number of nitro groups is 1. The predicted molar refractivity (Wildman–Crippen MR) is 84.6 cm³/mol. The topological polar surface area (TPSA) is 92.6 Å². The molecule has 1 aromatic rings. The molecule has 1 aliphatic rings.